The molecule has 0 saturated carbocycles. The maximum absolute atomic E-state index is 4.59. The van der Waals surface area contributed by atoms with E-state index in [4.69, 9.17) is 0 Å². The Morgan fingerprint density at radius 2 is 1.90 bits per heavy atom. The molecule has 4 rings (SSSR count). The molecule has 3 aromatic rings. The van der Waals surface area contributed by atoms with Crippen molar-refractivity contribution < 1.29 is 0 Å². The largest absolute Gasteiger partial charge is 0.343 e. The molecule has 1 aliphatic rings. The number of rotatable bonds is 7. The van der Waals surface area contributed by atoms with Crippen LogP contribution in [0.15, 0.2) is 42.7 Å². The Morgan fingerprint density at radius 1 is 1.14 bits per heavy atom. The molecule has 1 aromatic carbocycles. The molecule has 0 aliphatic carbocycles. The first-order valence-electron chi connectivity index (χ1n) is 10.5. The second kappa shape index (κ2) is 8.59. The quantitative estimate of drug-likeness (QED) is 0.549. The van der Waals surface area contributed by atoms with Crippen molar-refractivity contribution in [3.8, 4) is 10.6 Å². The molecule has 2 atom stereocenters. The van der Waals surface area contributed by atoms with Crippen molar-refractivity contribution in [2.45, 2.75) is 58.5 Å². The van der Waals surface area contributed by atoms with E-state index < -0.39 is 0 Å². The average Bonchev–Trinajstić information content (AvgIpc) is 3.33. The highest BCUT2D eigenvalue weighted by Gasteiger charge is 2.31. The SMILES string of the molecule is C=C(CN1C(CC)CCC1CC)Nc1cc2cc(-c3nnc(C)s3)ccc2cn1. The van der Waals surface area contributed by atoms with Gasteiger partial charge in [0.1, 0.15) is 15.8 Å². The van der Waals surface area contributed by atoms with Crippen LogP contribution in [0.3, 0.4) is 0 Å². The zero-order chi connectivity index (χ0) is 20.4. The molecule has 0 amide bonds. The van der Waals surface area contributed by atoms with Crippen molar-refractivity contribution in [2.75, 3.05) is 11.9 Å². The second-order valence-corrected chi connectivity index (χ2v) is 9.04. The monoisotopic (exact) mass is 407 g/mol. The van der Waals surface area contributed by atoms with E-state index >= 15 is 0 Å². The Morgan fingerprint density at radius 3 is 2.55 bits per heavy atom. The van der Waals surface area contributed by atoms with Crippen LogP contribution < -0.4 is 5.32 Å². The maximum atomic E-state index is 4.59. The highest BCUT2D eigenvalue weighted by atomic mass is 32.1. The normalized spacial score (nSPS) is 19.7. The molecule has 5 nitrogen and oxygen atoms in total. The van der Waals surface area contributed by atoms with Gasteiger partial charge in [0.15, 0.2) is 0 Å². The Balaban J connectivity index is 1.50. The van der Waals surface area contributed by atoms with Gasteiger partial charge in [-0.2, -0.15) is 0 Å². The molecule has 3 heterocycles. The van der Waals surface area contributed by atoms with Gasteiger partial charge in [-0.3, -0.25) is 4.90 Å². The zero-order valence-corrected chi connectivity index (χ0v) is 18.3. The fraction of sp³-hybridized carbons (Fsp3) is 0.435. The van der Waals surface area contributed by atoms with Gasteiger partial charge in [0, 0.05) is 41.5 Å². The molecule has 6 heteroatoms. The Bertz CT molecular complexity index is 999. The van der Waals surface area contributed by atoms with Crippen molar-refractivity contribution in [3.05, 3.63) is 47.7 Å². The predicted octanol–water partition coefficient (Wildman–Crippen LogP) is 5.64. The van der Waals surface area contributed by atoms with E-state index in [0.717, 1.165) is 44.4 Å². The minimum absolute atomic E-state index is 0.668. The number of likely N-dealkylation sites (tertiary alicyclic amines) is 1. The molecular formula is C23H29N5S. The summed E-state index contributed by atoms with van der Waals surface area (Å²) in [4.78, 5) is 7.21. The number of anilines is 1. The summed E-state index contributed by atoms with van der Waals surface area (Å²) in [7, 11) is 0. The van der Waals surface area contributed by atoms with E-state index in [2.05, 4.69) is 70.1 Å². The van der Waals surface area contributed by atoms with Gasteiger partial charge in [0.25, 0.3) is 0 Å². The van der Waals surface area contributed by atoms with E-state index in [1.54, 1.807) is 11.3 Å². The number of nitrogens with one attached hydrogen (secondary N) is 1. The van der Waals surface area contributed by atoms with Crippen molar-refractivity contribution in [2.24, 2.45) is 0 Å². The summed E-state index contributed by atoms with van der Waals surface area (Å²) in [6.45, 7) is 11.7. The minimum Gasteiger partial charge on any atom is -0.343 e. The molecule has 2 aromatic heterocycles. The molecular weight excluding hydrogens is 378 g/mol. The third kappa shape index (κ3) is 4.33. The number of aromatic nitrogens is 3. The predicted molar refractivity (Wildman–Crippen MR) is 122 cm³/mol. The number of pyridine rings is 1. The van der Waals surface area contributed by atoms with Gasteiger partial charge in [0.2, 0.25) is 0 Å². The average molecular weight is 408 g/mol. The summed E-state index contributed by atoms with van der Waals surface area (Å²) in [5, 5.41) is 16.0. The summed E-state index contributed by atoms with van der Waals surface area (Å²) in [5.41, 5.74) is 2.10. The smallest absolute Gasteiger partial charge is 0.147 e. The van der Waals surface area contributed by atoms with Crippen LogP contribution in [-0.4, -0.2) is 38.7 Å². The van der Waals surface area contributed by atoms with Gasteiger partial charge in [0.05, 0.1) is 0 Å². The van der Waals surface area contributed by atoms with Crippen LogP contribution in [-0.2, 0) is 0 Å². The first kappa shape index (κ1) is 20.0. The first-order valence-corrected chi connectivity index (χ1v) is 11.3. The number of fused-ring (bicyclic) bond motifs is 1. The molecule has 152 valence electrons. The number of aryl methyl sites for hydroxylation is 1. The lowest BCUT2D eigenvalue weighted by atomic mass is 10.1. The van der Waals surface area contributed by atoms with Crippen LogP contribution in [0.5, 0.6) is 0 Å². The van der Waals surface area contributed by atoms with Crippen LogP contribution >= 0.6 is 11.3 Å². The van der Waals surface area contributed by atoms with Crippen molar-refractivity contribution in [1.82, 2.24) is 20.1 Å². The van der Waals surface area contributed by atoms with Crippen LogP contribution in [0, 0.1) is 6.92 Å². The summed E-state index contributed by atoms with van der Waals surface area (Å²) in [6.07, 6.45) is 6.91. The van der Waals surface area contributed by atoms with Crippen LogP contribution in [0.4, 0.5) is 5.82 Å². The van der Waals surface area contributed by atoms with Gasteiger partial charge >= 0.3 is 0 Å². The molecule has 1 fully saturated rings. The second-order valence-electron chi connectivity index (χ2n) is 7.86. The molecule has 0 radical (unpaired) electrons. The van der Waals surface area contributed by atoms with Crippen molar-refractivity contribution >= 4 is 27.9 Å². The van der Waals surface area contributed by atoms with Crippen LogP contribution in [0.25, 0.3) is 21.3 Å². The molecule has 1 N–H and O–H groups in total. The van der Waals surface area contributed by atoms with Gasteiger partial charge in [-0.25, -0.2) is 4.98 Å². The lowest BCUT2D eigenvalue weighted by Gasteiger charge is -2.30. The molecule has 1 aliphatic heterocycles. The van der Waals surface area contributed by atoms with Crippen LogP contribution in [0.1, 0.15) is 44.5 Å². The number of hydrogen-bond donors (Lipinski definition) is 1. The summed E-state index contributed by atoms with van der Waals surface area (Å²) in [5.74, 6) is 0.841. The topological polar surface area (TPSA) is 53.9 Å². The van der Waals surface area contributed by atoms with Crippen LogP contribution in [0.2, 0.25) is 0 Å². The summed E-state index contributed by atoms with van der Waals surface area (Å²) < 4.78 is 0. The van der Waals surface area contributed by atoms with Gasteiger partial charge in [-0.05, 0) is 50.1 Å². The standard InChI is InChI=1S/C23H29N5S/c1-5-20-9-10-21(6-2)28(20)14-15(3)25-22-12-19-11-17(7-8-18(19)13-24-22)23-27-26-16(4)29-23/h7-8,11-13,20-21H,3,5-6,9-10,14H2,1-2,4H3,(H,24,25). The Hall–Kier alpha value is -2.31. The van der Waals surface area contributed by atoms with Gasteiger partial charge in [-0.15, -0.1) is 10.2 Å². The lowest BCUT2D eigenvalue weighted by molar-refractivity contribution is 0.202. The number of hydrogen-bond acceptors (Lipinski definition) is 6. The number of nitrogens with zero attached hydrogens (tertiary/aromatic N) is 4. The van der Waals surface area contributed by atoms with Gasteiger partial charge in [-0.1, -0.05) is 43.9 Å². The zero-order valence-electron chi connectivity index (χ0n) is 17.5. The fourth-order valence-electron chi connectivity index (χ4n) is 4.35. The molecule has 1 saturated heterocycles. The van der Waals surface area contributed by atoms with E-state index in [9.17, 15) is 0 Å². The first-order chi connectivity index (χ1) is 14.1. The van der Waals surface area contributed by atoms with E-state index in [-0.39, 0.29) is 0 Å². The minimum atomic E-state index is 0.668. The van der Waals surface area contributed by atoms with Crippen molar-refractivity contribution in [3.63, 3.8) is 0 Å². The molecule has 2 unspecified atom stereocenters. The lowest BCUT2D eigenvalue weighted by Crippen LogP contribution is -2.37. The molecule has 0 spiro atoms. The third-order valence-electron chi connectivity index (χ3n) is 5.89. The molecule has 29 heavy (non-hydrogen) atoms. The van der Waals surface area contributed by atoms with Gasteiger partial charge < -0.3 is 5.32 Å². The summed E-state index contributed by atoms with van der Waals surface area (Å²) in [6, 6.07) is 9.76. The summed E-state index contributed by atoms with van der Waals surface area (Å²) >= 11 is 1.61. The molecule has 0 bridgehead atoms. The third-order valence-corrected chi connectivity index (χ3v) is 6.77. The Kier molecular flexibility index (Phi) is 5.92. The maximum Gasteiger partial charge on any atom is 0.147 e. The van der Waals surface area contributed by atoms with E-state index in [1.165, 1.54) is 25.7 Å². The fourth-order valence-corrected chi connectivity index (χ4v) is 5.03. The van der Waals surface area contributed by atoms with E-state index in [1.807, 2.05) is 13.1 Å². The van der Waals surface area contributed by atoms with E-state index in [0.29, 0.717) is 12.1 Å². The highest BCUT2D eigenvalue weighted by Crippen LogP contribution is 2.30. The number of benzene rings is 1. The highest BCUT2D eigenvalue weighted by molar-refractivity contribution is 7.14. The Labute approximate surface area is 176 Å². The van der Waals surface area contributed by atoms with Crippen molar-refractivity contribution in [1.29, 1.82) is 0 Å².